The van der Waals surface area contributed by atoms with Gasteiger partial charge in [0.1, 0.15) is 0 Å². The van der Waals surface area contributed by atoms with Crippen molar-refractivity contribution in [1.82, 2.24) is 0 Å². The fraction of sp³-hybridized carbons (Fsp3) is 0.0323. The van der Waals surface area contributed by atoms with Gasteiger partial charge in [-0.1, -0.05) is 72.2 Å². The van der Waals surface area contributed by atoms with E-state index in [9.17, 15) is 0 Å². The molecule has 1 aliphatic carbocycles. The zero-order valence-corrected chi connectivity index (χ0v) is 18.3. The average Bonchev–Trinajstić information content (AvgIpc) is 3.58. The van der Waals surface area contributed by atoms with Crippen molar-refractivity contribution < 1.29 is 0 Å². The standard InChI is InChI=1S/C31H20S/c1-2-5-28(4-1)29-19-15-26(16-20-29)13-11-24-7-9-25(10-8-24)12-14-27-17-21-30(22-18-27)31-6-3-23-32-31/h1-4,6-10,15-23H,5H2. The van der Waals surface area contributed by atoms with E-state index in [1.165, 1.54) is 21.6 Å². The van der Waals surface area contributed by atoms with Crippen molar-refractivity contribution in [3.63, 3.8) is 0 Å². The summed E-state index contributed by atoms with van der Waals surface area (Å²) in [6, 6.07) is 29.2. The highest BCUT2D eigenvalue weighted by Gasteiger charge is 2.02. The van der Waals surface area contributed by atoms with Gasteiger partial charge < -0.3 is 0 Å². The van der Waals surface area contributed by atoms with Crippen LogP contribution in [0.1, 0.15) is 34.2 Å². The molecule has 0 saturated heterocycles. The van der Waals surface area contributed by atoms with E-state index in [2.05, 4.69) is 108 Å². The SMILES string of the molecule is C(#Cc1ccc(C2=CC=CC2)cc1)c1ccc(C#Cc2ccc(-c3cccs3)cc2)cc1. The van der Waals surface area contributed by atoms with Gasteiger partial charge in [0.15, 0.2) is 0 Å². The highest BCUT2D eigenvalue weighted by Crippen LogP contribution is 2.25. The predicted octanol–water partition coefficient (Wildman–Crippen LogP) is 7.56. The van der Waals surface area contributed by atoms with Crippen molar-refractivity contribution in [1.29, 1.82) is 0 Å². The lowest BCUT2D eigenvalue weighted by atomic mass is 10.0. The van der Waals surface area contributed by atoms with E-state index in [1.807, 2.05) is 24.3 Å². The number of benzene rings is 3. The number of hydrogen-bond donors (Lipinski definition) is 0. The minimum absolute atomic E-state index is 0.987. The van der Waals surface area contributed by atoms with Gasteiger partial charge in [0, 0.05) is 27.1 Å². The Morgan fingerprint density at radius 2 is 1.06 bits per heavy atom. The summed E-state index contributed by atoms with van der Waals surface area (Å²) in [5.74, 6) is 13.0. The molecule has 5 rings (SSSR count). The van der Waals surface area contributed by atoms with E-state index in [4.69, 9.17) is 0 Å². The Hall–Kier alpha value is -4.04. The molecule has 1 heterocycles. The molecule has 0 atom stereocenters. The van der Waals surface area contributed by atoms with Gasteiger partial charge >= 0.3 is 0 Å². The minimum atomic E-state index is 0.987. The van der Waals surface area contributed by atoms with Gasteiger partial charge in [-0.3, -0.25) is 0 Å². The zero-order chi connectivity index (χ0) is 21.6. The maximum atomic E-state index is 3.25. The zero-order valence-electron chi connectivity index (χ0n) is 17.5. The first-order valence-corrected chi connectivity index (χ1v) is 11.5. The molecule has 1 aromatic heterocycles. The lowest BCUT2D eigenvalue weighted by Gasteiger charge is -2.01. The summed E-state index contributed by atoms with van der Waals surface area (Å²) in [5.41, 5.74) is 7.88. The molecule has 1 heteroatoms. The Morgan fingerprint density at radius 3 is 1.50 bits per heavy atom. The molecule has 3 aromatic carbocycles. The van der Waals surface area contributed by atoms with Crippen LogP contribution < -0.4 is 0 Å². The number of allylic oxidation sites excluding steroid dienone is 4. The Bertz CT molecular complexity index is 1390. The summed E-state index contributed by atoms with van der Waals surface area (Å²) in [6.45, 7) is 0. The van der Waals surface area contributed by atoms with Crippen LogP contribution in [0.2, 0.25) is 0 Å². The van der Waals surface area contributed by atoms with Crippen molar-refractivity contribution in [3.8, 4) is 34.1 Å². The molecule has 0 fully saturated rings. The molecular formula is C31H20S. The van der Waals surface area contributed by atoms with Gasteiger partial charge in [0.25, 0.3) is 0 Å². The molecule has 0 bridgehead atoms. The Balaban J connectivity index is 1.24. The van der Waals surface area contributed by atoms with Crippen LogP contribution >= 0.6 is 11.3 Å². The average molecular weight is 425 g/mol. The Kier molecular flexibility index (Phi) is 5.85. The van der Waals surface area contributed by atoms with E-state index in [1.54, 1.807) is 11.3 Å². The second-order valence-electron chi connectivity index (χ2n) is 7.53. The molecule has 1 aliphatic rings. The molecule has 32 heavy (non-hydrogen) atoms. The smallest absolute Gasteiger partial charge is 0.0342 e. The monoisotopic (exact) mass is 424 g/mol. The summed E-state index contributed by atoms with van der Waals surface area (Å²) in [7, 11) is 0. The van der Waals surface area contributed by atoms with Gasteiger partial charge in [-0.2, -0.15) is 0 Å². The topological polar surface area (TPSA) is 0 Å². The predicted molar refractivity (Wildman–Crippen MR) is 136 cm³/mol. The third kappa shape index (κ3) is 4.81. The van der Waals surface area contributed by atoms with E-state index in [0.29, 0.717) is 0 Å². The molecule has 0 saturated carbocycles. The number of rotatable bonds is 2. The third-order valence-electron chi connectivity index (χ3n) is 5.30. The maximum absolute atomic E-state index is 3.25. The quantitative estimate of drug-likeness (QED) is 0.291. The summed E-state index contributed by atoms with van der Waals surface area (Å²) < 4.78 is 0. The summed E-state index contributed by atoms with van der Waals surface area (Å²) in [4.78, 5) is 1.28. The maximum Gasteiger partial charge on any atom is 0.0342 e. The van der Waals surface area contributed by atoms with E-state index in [-0.39, 0.29) is 0 Å². The first-order chi connectivity index (χ1) is 15.8. The van der Waals surface area contributed by atoms with Crippen LogP contribution in [0.25, 0.3) is 16.0 Å². The van der Waals surface area contributed by atoms with Crippen LogP contribution in [0, 0.1) is 23.7 Å². The highest BCUT2D eigenvalue weighted by atomic mass is 32.1. The molecule has 0 unspecified atom stereocenters. The molecule has 150 valence electrons. The summed E-state index contributed by atoms with van der Waals surface area (Å²) >= 11 is 1.75. The molecule has 0 aliphatic heterocycles. The Labute approximate surface area is 193 Å². The highest BCUT2D eigenvalue weighted by molar-refractivity contribution is 7.13. The Morgan fingerprint density at radius 1 is 0.562 bits per heavy atom. The van der Waals surface area contributed by atoms with E-state index in [0.717, 1.165) is 28.7 Å². The minimum Gasteiger partial charge on any atom is -0.144 e. The van der Waals surface area contributed by atoms with Gasteiger partial charge in [-0.25, -0.2) is 0 Å². The van der Waals surface area contributed by atoms with Crippen LogP contribution in [0.5, 0.6) is 0 Å². The van der Waals surface area contributed by atoms with Crippen LogP contribution in [0.3, 0.4) is 0 Å². The van der Waals surface area contributed by atoms with Crippen LogP contribution in [0.15, 0.2) is 109 Å². The summed E-state index contributed by atoms with van der Waals surface area (Å²) in [6.07, 6.45) is 7.48. The lowest BCUT2D eigenvalue weighted by Crippen LogP contribution is -1.82. The van der Waals surface area contributed by atoms with Gasteiger partial charge in [-0.05, 0) is 83.1 Å². The van der Waals surface area contributed by atoms with Gasteiger partial charge in [0.05, 0.1) is 0 Å². The summed E-state index contributed by atoms with van der Waals surface area (Å²) in [5, 5.41) is 2.10. The second kappa shape index (κ2) is 9.40. The van der Waals surface area contributed by atoms with E-state index < -0.39 is 0 Å². The lowest BCUT2D eigenvalue weighted by molar-refractivity contribution is 1.43. The number of hydrogen-bond acceptors (Lipinski definition) is 1. The molecular weight excluding hydrogens is 404 g/mol. The molecule has 4 aromatic rings. The molecule has 0 nitrogen and oxygen atoms in total. The third-order valence-corrected chi connectivity index (χ3v) is 6.22. The fourth-order valence-corrected chi connectivity index (χ4v) is 4.25. The molecule has 0 radical (unpaired) electrons. The van der Waals surface area contributed by atoms with Crippen LogP contribution in [0.4, 0.5) is 0 Å². The van der Waals surface area contributed by atoms with Crippen molar-refractivity contribution >= 4 is 16.9 Å². The number of thiophene rings is 1. The van der Waals surface area contributed by atoms with Crippen molar-refractivity contribution in [2.45, 2.75) is 6.42 Å². The molecule has 0 N–H and O–H groups in total. The van der Waals surface area contributed by atoms with Crippen molar-refractivity contribution in [3.05, 3.63) is 136 Å². The van der Waals surface area contributed by atoms with Gasteiger partial charge in [0.2, 0.25) is 0 Å². The molecule has 0 amide bonds. The van der Waals surface area contributed by atoms with E-state index >= 15 is 0 Å². The first-order valence-electron chi connectivity index (χ1n) is 10.6. The van der Waals surface area contributed by atoms with Crippen molar-refractivity contribution in [2.75, 3.05) is 0 Å². The van der Waals surface area contributed by atoms with Crippen LogP contribution in [-0.4, -0.2) is 0 Å². The van der Waals surface area contributed by atoms with Crippen molar-refractivity contribution in [2.24, 2.45) is 0 Å². The molecule has 0 spiro atoms. The fourth-order valence-electron chi connectivity index (χ4n) is 3.52. The van der Waals surface area contributed by atoms with Gasteiger partial charge in [-0.15, -0.1) is 11.3 Å². The first kappa shape index (κ1) is 19.9. The van der Waals surface area contributed by atoms with Crippen LogP contribution in [-0.2, 0) is 0 Å². The second-order valence-corrected chi connectivity index (χ2v) is 8.48. The largest absolute Gasteiger partial charge is 0.144 e. The normalized spacial score (nSPS) is 11.8.